The van der Waals surface area contributed by atoms with Crippen LogP contribution in [0.3, 0.4) is 0 Å². The minimum absolute atomic E-state index is 0.0691. The third-order valence-corrected chi connectivity index (χ3v) is 3.22. The van der Waals surface area contributed by atoms with Crippen molar-refractivity contribution in [2.45, 2.75) is 19.9 Å². The van der Waals surface area contributed by atoms with Gasteiger partial charge < -0.3 is 0 Å². The van der Waals surface area contributed by atoms with Crippen molar-refractivity contribution < 1.29 is 12.8 Å². The van der Waals surface area contributed by atoms with Crippen molar-refractivity contribution in [1.29, 1.82) is 0 Å². The van der Waals surface area contributed by atoms with Crippen LogP contribution >= 0.6 is 11.6 Å². The highest BCUT2D eigenvalue weighted by molar-refractivity contribution is 7.88. The van der Waals surface area contributed by atoms with Gasteiger partial charge in [0.05, 0.1) is 12.3 Å². The Labute approximate surface area is 106 Å². The SMILES string of the molecule is CC(C)C(NS(C)(=O)=O)c1ccc(Cl)cc1F. The highest BCUT2D eigenvalue weighted by Crippen LogP contribution is 2.26. The molecule has 1 atom stereocenters. The Morgan fingerprint density at radius 1 is 1.35 bits per heavy atom. The van der Waals surface area contributed by atoms with Gasteiger partial charge in [0.15, 0.2) is 0 Å². The summed E-state index contributed by atoms with van der Waals surface area (Å²) < 4.78 is 38.6. The summed E-state index contributed by atoms with van der Waals surface area (Å²) in [5.41, 5.74) is 0.301. The van der Waals surface area contributed by atoms with Gasteiger partial charge in [-0.1, -0.05) is 31.5 Å². The third-order valence-electron chi connectivity index (χ3n) is 2.31. The first-order valence-electron chi connectivity index (χ1n) is 5.13. The summed E-state index contributed by atoms with van der Waals surface area (Å²) in [6, 6.07) is 3.62. The molecule has 0 saturated heterocycles. The Kier molecular flexibility index (Phi) is 4.52. The van der Waals surface area contributed by atoms with Crippen LogP contribution in [0.15, 0.2) is 18.2 Å². The Bertz CT molecular complexity index is 502. The van der Waals surface area contributed by atoms with E-state index in [0.29, 0.717) is 5.56 Å². The van der Waals surface area contributed by atoms with Gasteiger partial charge in [-0.15, -0.1) is 0 Å². The molecule has 0 aliphatic carbocycles. The number of benzene rings is 1. The topological polar surface area (TPSA) is 46.2 Å². The Morgan fingerprint density at radius 2 is 1.94 bits per heavy atom. The molecule has 1 N–H and O–H groups in total. The minimum Gasteiger partial charge on any atom is -0.213 e. The van der Waals surface area contributed by atoms with Crippen LogP contribution in [0.1, 0.15) is 25.5 Å². The van der Waals surface area contributed by atoms with Crippen LogP contribution in [0, 0.1) is 11.7 Å². The van der Waals surface area contributed by atoms with E-state index in [4.69, 9.17) is 11.6 Å². The molecular weight excluding hydrogens is 265 g/mol. The highest BCUT2D eigenvalue weighted by Gasteiger charge is 2.22. The van der Waals surface area contributed by atoms with Crippen molar-refractivity contribution in [3.63, 3.8) is 0 Å². The van der Waals surface area contributed by atoms with Crippen LogP contribution in [0.5, 0.6) is 0 Å². The smallest absolute Gasteiger partial charge is 0.209 e. The zero-order valence-electron chi connectivity index (χ0n) is 9.87. The summed E-state index contributed by atoms with van der Waals surface area (Å²) in [6.07, 6.45) is 1.05. The fourth-order valence-corrected chi connectivity index (χ4v) is 2.56. The molecule has 3 nitrogen and oxygen atoms in total. The van der Waals surface area contributed by atoms with Crippen molar-refractivity contribution >= 4 is 21.6 Å². The molecule has 1 aromatic carbocycles. The Balaban J connectivity index is 3.15. The van der Waals surface area contributed by atoms with Gasteiger partial charge in [-0.05, 0) is 18.1 Å². The number of rotatable bonds is 4. The average Bonchev–Trinajstić information content (AvgIpc) is 2.13. The normalized spacial score (nSPS) is 14.0. The molecule has 1 unspecified atom stereocenters. The maximum Gasteiger partial charge on any atom is 0.209 e. The Hall–Kier alpha value is -0.650. The van der Waals surface area contributed by atoms with Crippen molar-refractivity contribution in [3.05, 3.63) is 34.6 Å². The first-order chi connectivity index (χ1) is 7.70. The van der Waals surface area contributed by atoms with Gasteiger partial charge in [-0.2, -0.15) is 0 Å². The first kappa shape index (κ1) is 14.4. The summed E-state index contributed by atoms with van der Waals surface area (Å²) in [7, 11) is -3.39. The largest absolute Gasteiger partial charge is 0.213 e. The second-order valence-corrected chi connectivity index (χ2v) is 6.49. The van der Waals surface area contributed by atoms with Crippen LogP contribution in [0.2, 0.25) is 5.02 Å². The minimum atomic E-state index is -3.39. The van der Waals surface area contributed by atoms with Crippen molar-refractivity contribution in [1.82, 2.24) is 4.72 Å². The van der Waals surface area contributed by atoms with E-state index in [-0.39, 0.29) is 10.9 Å². The second kappa shape index (κ2) is 5.33. The second-order valence-electron chi connectivity index (χ2n) is 4.28. The van der Waals surface area contributed by atoms with Gasteiger partial charge >= 0.3 is 0 Å². The number of hydrogen-bond acceptors (Lipinski definition) is 2. The van der Waals surface area contributed by atoms with Crippen LogP contribution in [0.4, 0.5) is 4.39 Å². The number of sulfonamides is 1. The monoisotopic (exact) mass is 279 g/mol. The molecule has 1 rings (SSSR count). The lowest BCUT2D eigenvalue weighted by molar-refractivity contribution is 0.446. The molecule has 0 aromatic heterocycles. The highest BCUT2D eigenvalue weighted by atomic mass is 35.5. The van der Waals surface area contributed by atoms with E-state index in [1.807, 2.05) is 13.8 Å². The summed E-state index contributed by atoms with van der Waals surface area (Å²) in [5, 5.41) is 0.285. The molecule has 0 aliphatic rings. The van der Waals surface area contributed by atoms with E-state index in [0.717, 1.165) is 6.26 Å². The molecular formula is C11H15ClFNO2S. The molecule has 0 radical (unpaired) electrons. The third kappa shape index (κ3) is 4.26. The summed E-state index contributed by atoms with van der Waals surface area (Å²) in [5.74, 6) is -0.576. The van der Waals surface area contributed by atoms with Crippen LogP contribution in [-0.4, -0.2) is 14.7 Å². The number of nitrogens with one attached hydrogen (secondary N) is 1. The van der Waals surface area contributed by atoms with E-state index >= 15 is 0 Å². The molecule has 0 spiro atoms. The number of halogens is 2. The fourth-order valence-electron chi connectivity index (χ4n) is 1.54. The molecule has 6 heteroatoms. The first-order valence-corrected chi connectivity index (χ1v) is 7.40. The lowest BCUT2D eigenvalue weighted by Gasteiger charge is -2.22. The lowest BCUT2D eigenvalue weighted by Crippen LogP contribution is -2.31. The van der Waals surface area contributed by atoms with Crippen molar-refractivity contribution in [3.8, 4) is 0 Å². The van der Waals surface area contributed by atoms with E-state index in [9.17, 15) is 12.8 Å². The summed E-state index contributed by atoms with van der Waals surface area (Å²) >= 11 is 5.66. The van der Waals surface area contributed by atoms with E-state index in [1.165, 1.54) is 12.1 Å². The zero-order valence-corrected chi connectivity index (χ0v) is 11.4. The van der Waals surface area contributed by atoms with Crippen molar-refractivity contribution in [2.75, 3.05) is 6.26 Å². The molecule has 96 valence electrons. The van der Waals surface area contributed by atoms with Gasteiger partial charge in [-0.25, -0.2) is 17.5 Å². The molecule has 1 aromatic rings. The molecule has 0 heterocycles. The van der Waals surface area contributed by atoms with Crippen molar-refractivity contribution in [2.24, 2.45) is 5.92 Å². The molecule has 0 amide bonds. The summed E-state index contributed by atoms with van der Waals surface area (Å²) in [4.78, 5) is 0. The zero-order chi connectivity index (χ0) is 13.2. The van der Waals surface area contributed by atoms with Crippen LogP contribution < -0.4 is 4.72 Å². The van der Waals surface area contributed by atoms with E-state index in [1.54, 1.807) is 6.07 Å². The average molecular weight is 280 g/mol. The van der Waals surface area contributed by atoms with Gasteiger partial charge in [0.2, 0.25) is 10.0 Å². The molecule has 0 saturated carbocycles. The van der Waals surface area contributed by atoms with Gasteiger partial charge in [-0.3, -0.25) is 0 Å². The van der Waals surface area contributed by atoms with Crippen LogP contribution in [0.25, 0.3) is 0 Å². The fraction of sp³-hybridized carbons (Fsp3) is 0.455. The lowest BCUT2D eigenvalue weighted by atomic mass is 9.97. The standard InChI is InChI=1S/C11H15ClFNO2S/c1-7(2)11(14-17(3,15)16)9-5-4-8(12)6-10(9)13/h4-7,11,14H,1-3H3. The predicted octanol–water partition coefficient (Wildman–Crippen LogP) is 2.73. The summed E-state index contributed by atoms with van der Waals surface area (Å²) in [6.45, 7) is 3.63. The predicted molar refractivity (Wildman–Crippen MR) is 67.0 cm³/mol. The Morgan fingerprint density at radius 3 is 2.35 bits per heavy atom. The quantitative estimate of drug-likeness (QED) is 0.921. The molecule has 0 bridgehead atoms. The van der Waals surface area contributed by atoms with Gasteiger partial charge in [0.1, 0.15) is 5.82 Å². The number of hydrogen-bond donors (Lipinski definition) is 1. The molecule has 17 heavy (non-hydrogen) atoms. The van der Waals surface area contributed by atoms with Gasteiger partial charge in [0.25, 0.3) is 0 Å². The maximum absolute atomic E-state index is 13.7. The van der Waals surface area contributed by atoms with Gasteiger partial charge in [0, 0.05) is 10.6 Å². The maximum atomic E-state index is 13.7. The van der Waals surface area contributed by atoms with E-state index < -0.39 is 21.9 Å². The van der Waals surface area contributed by atoms with E-state index in [2.05, 4.69) is 4.72 Å². The van der Waals surface area contributed by atoms with Crippen LogP contribution in [-0.2, 0) is 10.0 Å². The molecule has 0 fully saturated rings. The molecule has 0 aliphatic heterocycles.